The van der Waals surface area contributed by atoms with Gasteiger partial charge in [-0.3, -0.25) is 19.2 Å². The van der Waals surface area contributed by atoms with E-state index in [1.807, 2.05) is 12.1 Å². The molecule has 7 nitrogen and oxygen atoms in total. The van der Waals surface area contributed by atoms with Crippen LogP contribution in [0.1, 0.15) is 55.6 Å². The molecule has 1 aromatic rings. The molecule has 1 aromatic carbocycles. The maximum atomic E-state index is 13.1. The smallest absolute Gasteiger partial charge is 0.322 e. The minimum absolute atomic E-state index is 0.157. The monoisotopic (exact) mass is 384 g/mol. The number of nitrogens with one attached hydrogen (secondary N) is 1. The van der Waals surface area contributed by atoms with E-state index in [1.54, 1.807) is 4.90 Å². The molecule has 148 valence electrons. The number of carboxylic acid groups (broad SMARTS) is 1. The summed E-state index contributed by atoms with van der Waals surface area (Å²) < 4.78 is 0. The number of likely N-dealkylation sites (tertiary alicyclic amines) is 1. The summed E-state index contributed by atoms with van der Waals surface area (Å²) in [6, 6.07) is 8.22. The van der Waals surface area contributed by atoms with Crippen molar-refractivity contribution in [1.82, 2.24) is 10.2 Å². The van der Waals surface area contributed by atoms with Gasteiger partial charge in [0, 0.05) is 13.0 Å². The van der Waals surface area contributed by atoms with Crippen molar-refractivity contribution in [2.75, 3.05) is 6.54 Å². The van der Waals surface area contributed by atoms with Crippen LogP contribution in [0.25, 0.3) is 0 Å². The van der Waals surface area contributed by atoms with Gasteiger partial charge in [-0.1, -0.05) is 24.3 Å². The second-order valence-corrected chi connectivity index (χ2v) is 8.21. The summed E-state index contributed by atoms with van der Waals surface area (Å²) in [4.78, 5) is 50.4. The second-order valence-electron chi connectivity index (χ2n) is 8.21. The zero-order chi connectivity index (χ0) is 19.9. The van der Waals surface area contributed by atoms with E-state index in [1.165, 1.54) is 18.4 Å². The molecule has 2 amide bonds. The third kappa shape index (κ3) is 3.41. The molecular weight excluding hydrogens is 360 g/mol. The number of carboxylic acids is 1. The molecule has 2 N–H and O–H groups in total. The highest BCUT2D eigenvalue weighted by atomic mass is 16.4. The van der Waals surface area contributed by atoms with Crippen molar-refractivity contribution < 1.29 is 24.3 Å². The number of aliphatic carboxylic acids is 1. The molecule has 1 saturated heterocycles. The molecule has 1 unspecified atom stereocenters. The van der Waals surface area contributed by atoms with E-state index >= 15 is 0 Å². The predicted octanol–water partition coefficient (Wildman–Crippen LogP) is 1.61. The SMILES string of the molecule is O=C(O)CNC(=O)C1C(=O)CC2(CCC2)N(Cc2ccc(C3CC3)cc2)C1=O. The molecule has 1 aliphatic heterocycles. The van der Waals surface area contributed by atoms with E-state index in [0.717, 1.165) is 24.8 Å². The van der Waals surface area contributed by atoms with Gasteiger partial charge in [-0.15, -0.1) is 0 Å². The lowest BCUT2D eigenvalue weighted by atomic mass is 9.67. The summed E-state index contributed by atoms with van der Waals surface area (Å²) in [7, 11) is 0. The Morgan fingerprint density at radius 1 is 1.14 bits per heavy atom. The molecule has 3 fully saturated rings. The largest absolute Gasteiger partial charge is 0.480 e. The number of piperidine rings is 1. The number of Topliss-reactive ketones (excluding diaryl/α,β-unsaturated/α-hetero) is 1. The van der Waals surface area contributed by atoms with Gasteiger partial charge in [0.05, 0.1) is 5.54 Å². The Labute approximate surface area is 163 Å². The predicted molar refractivity (Wildman–Crippen MR) is 99.3 cm³/mol. The molecule has 7 heteroatoms. The van der Waals surface area contributed by atoms with E-state index in [2.05, 4.69) is 17.4 Å². The number of nitrogens with zero attached hydrogens (tertiary/aromatic N) is 1. The van der Waals surface area contributed by atoms with Crippen molar-refractivity contribution >= 4 is 23.6 Å². The van der Waals surface area contributed by atoms with Crippen LogP contribution in [0, 0.1) is 5.92 Å². The van der Waals surface area contributed by atoms with Crippen LogP contribution in [0.3, 0.4) is 0 Å². The highest BCUT2D eigenvalue weighted by Crippen LogP contribution is 2.46. The minimum Gasteiger partial charge on any atom is -0.480 e. The fraction of sp³-hybridized carbons (Fsp3) is 0.524. The van der Waals surface area contributed by atoms with Crippen molar-refractivity contribution in [3.8, 4) is 0 Å². The highest BCUT2D eigenvalue weighted by molar-refractivity contribution is 6.20. The van der Waals surface area contributed by atoms with Gasteiger partial charge in [-0.2, -0.15) is 0 Å². The molecule has 1 spiro atoms. The Bertz CT molecular complexity index is 824. The van der Waals surface area contributed by atoms with Gasteiger partial charge in [0.1, 0.15) is 6.54 Å². The average molecular weight is 384 g/mol. The molecule has 0 bridgehead atoms. The summed E-state index contributed by atoms with van der Waals surface area (Å²) >= 11 is 0. The summed E-state index contributed by atoms with van der Waals surface area (Å²) in [5, 5.41) is 10.9. The number of rotatable bonds is 6. The van der Waals surface area contributed by atoms with E-state index in [9.17, 15) is 19.2 Å². The van der Waals surface area contributed by atoms with E-state index in [0.29, 0.717) is 12.5 Å². The molecule has 4 rings (SSSR count). The molecule has 2 saturated carbocycles. The molecule has 28 heavy (non-hydrogen) atoms. The summed E-state index contributed by atoms with van der Waals surface area (Å²) in [5.41, 5.74) is 1.80. The first-order valence-electron chi connectivity index (χ1n) is 9.82. The van der Waals surface area contributed by atoms with Crippen LogP contribution < -0.4 is 5.32 Å². The molecular formula is C21H24N2O5. The Balaban J connectivity index is 1.53. The molecule has 2 aliphatic carbocycles. The first-order chi connectivity index (χ1) is 13.4. The lowest BCUT2D eigenvalue weighted by Gasteiger charge is -2.53. The van der Waals surface area contributed by atoms with Crippen LogP contribution in [0.15, 0.2) is 24.3 Å². The summed E-state index contributed by atoms with van der Waals surface area (Å²) in [5.74, 6) is -3.74. The maximum absolute atomic E-state index is 13.1. The van der Waals surface area contributed by atoms with Crippen LogP contribution in [-0.4, -0.2) is 45.7 Å². The van der Waals surface area contributed by atoms with E-state index in [-0.39, 0.29) is 6.42 Å². The Morgan fingerprint density at radius 2 is 1.82 bits per heavy atom. The zero-order valence-electron chi connectivity index (χ0n) is 15.6. The van der Waals surface area contributed by atoms with Gasteiger partial charge in [-0.25, -0.2) is 0 Å². The van der Waals surface area contributed by atoms with Crippen molar-refractivity contribution in [3.63, 3.8) is 0 Å². The van der Waals surface area contributed by atoms with Crippen LogP contribution in [0.2, 0.25) is 0 Å². The van der Waals surface area contributed by atoms with Crippen LogP contribution in [-0.2, 0) is 25.7 Å². The highest BCUT2D eigenvalue weighted by Gasteiger charge is 2.55. The first kappa shape index (κ1) is 18.7. The third-order valence-corrected chi connectivity index (χ3v) is 6.24. The van der Waals surface area contributed by atoms with Crippen molar-refractivity contribution in [2.24, 2.45) is 5.92 Å². The van der Waals surface area contributed by atoms with Crippen molar-refractivity contribution in [3.05, 3.63) is 35.4 Å². The normalized spacial score (nSPS) is 23.4. The van der Waals surface area contributed by atoms with Gasteiger partial charge < -0.3 is 15.3 Å². The number of carbonyl (C=O) groups excluding carboxylic acids is 3. The summed E-state index contributed by atoms with van der Waals surface area (Å²) in [6.07, 6.45) is 5.07. The summed E-state index contributed by atoms with van der Waals surface area (Å²) in [6.45, 7) is -0.247. The lowest BCUT2D eigenvalue weighted by Crippen LogP contribution is -2.65. The van der Waals surface area contributed by atoms with Crippen LogP contribution >= 0.6 is 0 Å². The number of amides is 2. The van der Waals surface area contributed by atoms with Gasteiger partial charge in [0.15, 0.2) is 11.7 Å². The fourth-order valence-electron chi connectivity index (χ4n) is 4.34. The number of hydrogen-bond donors (Lipinski definition) is 2. The van der Waals surface area contributed by atoms with Crippen LogP contribution in [0.4, 0.5) is 0 Å². The lowest BCUT2D eigenvalue weighted by molar-refractivity contribution is -0.164. The topological polar surface area (TPSA) is 104 Å². The quantitative estimate of drug-likeness (QED) is 0.725. The first-order valence-corrected chi connectivity index (χ1v) is 9.82. The number of ketones is 1. The van der Waals surface area contributed by atoms with Gasteiger partial charge >= 0.3 is 5.97 Å². The number of carbonyl (C=O) groups is 4. The second kappa shape index (κ2) is 7.04. The van der Waals surface area contributed by atoms with Crippen molar-refractivity contribution in [1.29, 1.82) is 0 Å². The van der Waals surface area contributed by atoms with Crippen LogP contribution in [0.5, 0.6) is 0 Å². The Morgan fingerprint density at radius 3 is 2.36 bits per heavy atom. The molecule has 3 aliphatic rings. The van der Waals surface area contributed by atoms with Gasteiger partial charge in [0.2, 0.25) is 11.8 Å². The Hall–Kier alpha value is -2.70. The fourth-order valence-corrected chi connectivity index (χ4v) is 4.34. The molecule has 1 atom stereocenters. The standard InChI is InChI=1S/C21H24N2O5/c24-16-10-21(8-1-9-21)23(20(28)18(16)19(27)22-11-17(25)26)12-13-2-4-14(5-3-13)15-6-7-15/h2-5,15,18H,1,6-12H2,(H,22,27)(H,25,26). The van der Waals surface area contributed by atoms with E-state index < -0.39 is 41.6 Å². The molecule has 0 radical (unpaired) electrons. The average Bonchev–Trinajstić information content (AvgIpc) is 3.46. The third-order valence-electron chi connectivity index (χ3n) is 6.24. The number of benzene rings is 1. The van der Waals surface area contributed by atoms with Crippen molar-refractivity contribution in [2.45, 2.75) is 56.5 Å². The van der Waals surface area contributed by atoms with Gasteiger partial charge in [-0.05, 0) is 49.1 Å². The van der Waals surface area contributed by atoms with E-state index in [4.69, 9.17) is 5.11 Å². The maximum Gasteiger partial charge on any atom is 0.322 e. The number of hydrogen-bond acceptors (Lipinski definition) is 4. The minimum atomic E-state index is -1.45. The van der Waals surface area contributed by atoms with Gasteiger partial charge in [0.25, 0.3) is 0 Å². The zero-order valence-corrected chi connectivity index (χ0v) is 15.6. The molecule has 0 aromatic heterocycles. The Kier molecular flexibility index (Phi) is 4.69. The molecule has 1 heterocycles.